The lowest BCUT2D eigenvalue weighted by Gasteiger charge is -2.30. The quantitative estimate of drug-likeness (QED) is 0.255. The van der Waals surface area contributed by atoms with E-state index in [1.807, 2.05) is 20.8 Å². The van der Waals surface area contributed by atoms with Gasteiger partial charge in [-0.2, -0.15) is 0 Å². The SMILES string of the molecule is C=C(C)C(=O)N(CCC[Si](OCC)(OCC)OCC)CCN(C(=O)C(=C)C)C(=O)C(=C)C. The van der Waals surface area contributed by atoms with Crippen LogP contribution < -0.4 is 0 Å². The third kappa shape index (κ3) is 9.60. The normalized spacial score (nSPS) is 11.1. The van der Waals surface area contributed by atoms with Crippen LogP contribution in [0.2, 0.25) is 6.04 Å². The molecular formula is C23H40N2O6Si. The highest BCUT2D eigenvalue weighted by molar-refractivity contribution is 6.60. The Morgan fingerprint density at radius 1 is 0.688 bits per heavy atom. The van der Waals surface area contributed by atoms with Crippen LogP contribution in [-0.2, 0) is 27.7 Å². The summed E-state index contributed by atoms with van der Waals surface area (Å²) in [5.41, 5.74) is 0.841. The Bertz CT molecular complexity index is 664. The van der Waals surface area contributed by atoms with Crippen molar-refractivity contribution in [3.63, 3.8) is 0 Å². The molecule has 0 rings (SSSR count). The molecule has 0 aliphatic rings. The minimum Gasteiger partial charge on any atom is -0.374 e. The number of hydrogen-bond acceptors (Lipinski definition) is 6. The first-order chi connectivity index (χ1) is 15.0. The molecule has 0 spiro atoms. The van der Waals surface area contributed by atoms with Crippen LogP contribution in [0.25, 0.3) is 0 Å². The van der Waals surface area contributed by atoms with Crippen LogP contribution >= 0.6 is 0 Å². The lowest BCUT2D eigenvalue weighted by atomic mass is 10.2. The Kier molecular flexibility index (Phi) is 13.9. The molecule has 8 nitrogen and oxygen atoms in total. The summed E-state index contributed by atoms with van der Waals surface area (Å²) in [6.45, 7) is 23.4. The fourth-order valence-electron chi connectivity index (χ4n) is 3.05. The van der Waals surface area contributed by atoms with E-state index in [4.69, 9.17) is 13.3 Å². The number of amides is 3. The van der Waals surface area contributed by atoms with Gasteiger partial charge in [0.2, 0.25) is 5.91 Å². The maximum atomic E-state index is 12.7. The highest BCUT2D eigenvalue weighted by atomic mass is 28.4. The summed E-state index contributed by atoms with van der Waals surface area (Å²) in [6, 6.07) is 0.543. The molecule has 0 unspecified atom stereocenters. The Balaban J connectivity index is 5.45. The maximum Gasteiger partial charge on any atom is 0.500 e. The van der Waals surface area contributed by atoms with Gasteiger partial charge in [0.15, 0.2) is 0 Å². The highest BCUT2D eigenvalue weighted by Gasteiger charge is 2.40. The van der Waals surface area contributed by atoms with Gasteiger partial charge in [0.05, 0.1) is 0 Å². The van der Waals surface area contributed by atoms with Crippen LogP contribution in [0.15, 0.2) is 36.5 Å². The zero-order valence-electron chi connectivity index (χ0n) is 20.6. The predicted octanol–water partition coefficient (Wildman–Crippen LogP) is 3.34. The monoisotopic (exact) mass is 468 g/mol. The summed E-state index contributed by atoms with van der Waals surface area (Å²) >= 11 is 0. The third-order valence-corrected chi connectivity index (χ3v) is 7.62. The van der Waals surface area contributed by atoms with Gasteiger partial charge in [0.1, 0.15) is 0 Å². The first-order valence-corrected chi connectivity index (χ1v) is 12.9. The summed E-state index contributed by atoms with van der Waals surface area (Å²) in [7, 11) is -2.84. The highest BCUT2D eigenvalue weighted by Crippen LogP contribution is 2.19. The molecular weight excluding hydrogens is 428 g/mol. The fraction of sp³-hybridized carbons (Fsp3) is 0.609. The lowest BCUT2D eigenvalue weighted by molar-refractivity contribution is -0.141. The molecule has 0 fully saturated rings. The van der Waals surface area contributed by atoms with E-state index in [1.54, 1.807) is 11.8 Å². The standard InChI is InChI=1S/C23H40N2O6Si/c1-10-29-32(30-11-2,31-12-3)17-13-14-24(21(26)18(4)5)15-16-25(22(27)19(6)7)23(28)20(8)9/h4,6,8,10-17H2,1-3,5,7,9H3. The number of rotatable bonds is 16. The first-order valence-electron chi connectivity index (χ1n) is 11.0. The molecule has 0 saturated heterocycles. The average Bonchev–Trinajstić information content (AvgIpc) is 2.71. The minimum atomic E-state index is -2.84. The number of carbonyl (C=O) groups is 3. The molecule has 0 atom stereocenters. The minimum absolute atomic E-state index is 0.0291. The van der Waals surface area contributed by atoms with E-state index in [0.29, 0.717) is 44.4 Å². The van der Waals surface area contributed by atoms with Crippen LogP contribution in [0.1, 0.15) is 48.0 Å². The molecule has 0 saturated carbocycles. The van der Waals surface area contributed by atoms with E-state index in [1.165, 1.54) is 13.8 Å². The van der Waals surface area contributed by atoms with Gasteiger partial charge in [-0.15, -0.1) is 0 Å². The topological polar surface area (TPSA) is 85.4 Å². The second-order valence-electron chi connectivity index (χ2n) is 7.48. The van der Waals surface area contributed by atoms with Crippen molar-refractivity contribution in [1.82, 2.24) is 9.80 Å². The largest absolute Gasteiger partial charge is 0.500 e. The molecule has 0 aromatic heterocycles. The van der Waals surface area contributed by atoms with Crippen molar-refractivity contribution in [3.8, 4) is 0 Å². The molecule has 0 aromatic carbocycles. The number of nitrogens with zero attached hydrogens (tertiary/aromatic N) is 2. The van der Waals surface area contributed by atoms with Crippen LogP contribution in [0.4, 0.5) is 0 Å². The van der Waals surface area contributed by atoms with Gasteiger partial charge < -0.3 is 18.2 Å². The van der Waals surface area contributed by atoms with E-state index in [2.05, 4.69) is 19.7 Å². The number of imide groups is 1. The summed E-state index contributed by atoms with van der Waals surface area (Å²) in [5.74, 6) is -1.22. The zero-order chi connectivity index (χ0) is 24.9. The molecule has 0 heterocycles. The fourth-order valence-corrected chi connectivity index (χ4v) is 5.64. The second kappa shape index (κ2) is 14.9. The molecule has 0 N–H and O–H groups in total. The van der Waals surface area contributed by atoms with Gasteiger partial charge in [0.25, 0.3) is 11.8 Å². The Morgan fingerprint density at radius 2 is 1.09 bits per heavy atom. The van der Waals surface area contributed by atoms with Crippen molar-refractivity contribution >= 4 is 26.5 Å². The Hall–Kier alpha value is -2.07. The van der Waals surface area contributed by atoms with Crippen molar-refractivity contribution in [2.75, 3.05) is 39.5 Å². The smallest absolute Gasteiger partial charge is 0.374 e. The summed E-state index contributed by atoms with van der Waals surface area (Å²) < 4.78 is 17.6. The number of carbonyl (C=O) groups excluding carboxylic acids is 3. The van der Waals surface area contributed by atoms with E-state index in [0.717, 1.165) is 4.90 Å². The predicted molar refractivity (Wildman–Crippen MR) is 128 cm³/mol. The third-order valence-electron chi connectivity index (χ3n) is 4.47. The maximum absolute atomic E-state index is 12.7. The van der Waals surface area contributed by atoms with Crippen molar-refractivity contribution in [2.24, 2.45) is 0 Å². The van der Waals surface area contributed by atoms with E-state index in [9.17, 15) is 14.4 Å². The molecule has 32 heavy (non-hydrogen) atoms. The van der Waals surface area contributed by atoms with Gasteiger partial charge in [-0.25, -0.2) is 0 Å². The zero-order valence-corrected chi connectivity index (χ0v) is 21.6. The van der Waals surface area contributed by atoms with E-state index < -0.39 is 20.6 Å². The van der Waals surface area contributed by atoms with Gasteiger partial charge in [0, 0.05) is 62.2 Å². The van der Waals surface area contributed by atoms with Gasteiger partial charge >= 0.3 is 8.80 Å². The molecule has 9 heteroatoms. The van der Waals surface area contributed by atoms with E-state index >= 15 is 0 Å². The van der Waals surface area contributed by atoms with E-state index in [-0.39, 0.29) is 30.1 Å². The van der Waals surface area contributed by atoms with Gasteiger partial charge in [-0.05, 0) is 48.0 Å². The van der Waals surface area contributed by atoms with Crippen molar-refractivity contribution in [3.05, 3.63) is 36.5 Å². The second-order valence-corrected chi connectivity index (χ2v) is 10.2. The molecule has 0 aliphatic carbocycles. The molecule has 0 bridgehead atoms. The average molecular weight is 469 g/mol. The van der Waals surface area contributed by atoms with Crippen LogP contribution in [0.5, 0.6) is 0 Å². The van der Waals surface area contributed by atoms with Crippen molar-refractivity contribution < 1.29 is 27.7 Å². The Morgan fingerprint density at radius 3 is 1.44 bits per heavy atom. The summed E-state index contributed by atoms with van der Waals surface area (Å²) in [6.07, 6.45) is 0.577. The van der Waals surface area contributed by atoms with Crippen molar-refractivity contribution in [1.29, 1.82) is 0 Å². The van der Waals surface area contributed by atoms with Crippen LogP contribution in [-0.4, -0.2) is 75.8 Å². The summed E-state index contributed by atoms with van der Waals surface area (Å²) in [5, 5.41) is 0. The van der Waals surface area contributed by atoms with Crippen LogP contribution in [0, 0.1) is 0 Å². The van der Waals surface area contributed by atoms with Gasteiger partial charge in [-0.1, -0.05) is 19.7 Å². The molecule has 0 aromatic rings. The Labute approximate surface area is 194 Å². The molecule has 0 aliphatic heterocycles. The number of hydrogen-bond donors (Lipinski definition) is 0. The molecule has 3 amide bonds. The molecule has 0 radical (unpaired) electrons. The van der Waals surface area contributed by atoms with Crippen molar-refractivity contribution in [2.45, 2.75) is 54.0 Å². The lowest BCUT2D eigenvalue weighted by Crippen LogP contribution is -2.47. The molecule has 182 valence electrons. The van der Waals surface area contributed by atoms with Crippen LogP contribution in [0.3, 0.4) is 0 Å². The van der Waals surface area contributed by atoms with Gasteiger partial charge in [-0.3, -0.25) is 19.3 Å². The summed E-state index contributed by atoms with van der Waals surface area (Å²) in [4.78, 5) is 40.3. The first kappa shape index (κ1) is 29.9.